The fourth-order valence-corrected chi connectivity index (χ4v) is 7.46. The summed E-state index contributed by atoms with van der Waals surface area (Å²) in [6.45, 7) is 0. The van der Waals surface area contributed by atoms with E-state index in [4.69, 9.17) is 39.5 Å². The van der Waals surface area contributed by atoms with Gasteiger partial charge in [-0.25, -0.2) is 0 Å². The lowest BCUT2D eigenvalue weighted by Crippen LogP contribution is -2.59. The molecule has 1 saturated heterocycles. The summed E-state index contributed by atoms with van der Waals surface area (Å²) in [6.07, 6.45) is 12.1. The normalized spacial score (nSPS) is 29.0. The Balaban J connectivity index is 1.54. The zero-order valence-corrected chi connectivity index (χ0v) is 23.1. The minimum Gasteiger partial charge on any atom is -0.490 e. The summed E-state index contributed by atoms with van der Waals surface area (Å²) in [5.74, 6) is -0.117. The van der Waals surface area contributed by atoms with Crippen molar-refractivity contribution in [2.24, 2.45) is 11.8 Å². The number of amides is 2. The number of carbonyl (C=O) groups is 2. The van der Waals surface area contributed by atoms with Crippen molar-refractivity contribution in [2.75, 3.05) is 5.32 Å². The topological polar surface area (TPSA) is 67.4 Å². The first kappa shape index (κ1) is 25.8. The van der Waals surface area contributed by atoms with E-state index in [0.717, 1.165) is 31.2 Å². The molecular weight excluding hydrogens is 543 g/mol. The van der Waals surface area contributed by atoms with Crippen LogP contribution in [0.5, 0.6) is 5.75 Å². The van der Waals surface area contributed by atoms with Crippen LogP contribution in [0, 0.1) is 11.8 Å². The molecule has 4 atom stereocenters. The van der Waals surface area contributed by atoms with E-state index >= 15 is 0 Å². The van der Waals surface area contributed by atoms with Crippen molar-refractivity contribution < 1.29 is 14.3 Å². The predicted octanol–water partition coefficient (Wildman–Crippen LogP) is 7.47. The molecule has 198 valence electrons. The maximum Gasteiger partial charge on any atom is 0.237 e. The van der Waals surface area contributed by atoms with Gasteiger partial charge in [-0.05, 0) is 85.9 Å². The van der Waals surface area contributed by atoms with Crippen LogP contribution in [0.25, 0.3) is 0 Å². The third-order valence-electron chi connectivity index (χ3n) is 8.51. The largest absolute Gasteiger partial charge is 0.490 e. The minimum atomic E-state index is -1.12. The lowest BCUT2D eigenvalue weighted by molar-refractivity contribution is -0.135. The highest BCUT2D eigenvalue weighted by Gasteiger charge is 2.62. The van der Waals surface area contributed by atoms with E-state index < -0.39 is 11.5 Å². The number of hydrogen-bond donors (Lipinski definition) is 2. The number of anilines is 1. The van der Waals surface area contributed by atoms with Crippen molar-refractivity contribution in [1.29, 1.82) is 0 Å². The zero-order valence-electron chi connectivity index (χ0n) is 20.8. The summed E-state index contributed by atoms with van der Waals surface area (Å²) in [5, 5.41) is 8.03. The van der Waals surface area contributed by atoms with Crippen molar-refractivity contribution in [3.63, 3.8) is 0 Å². The molecule has 1 saturated carbocycles. The van der Waals surface area contributed by atoms with Crippen LogP contribution in [-0.2, 0) is 15.0 Å². The first-order valence-electron chi connectivity index (χ1n) is 13.3. The first-order valence-corrected chi connectivity index (χ1v) is 14.4. The maximum absolute atomic E-state index is 14.3. The fraction of sp³-hybridized carbons (Fsp3) is 0.400. The second kappa shape index (κ2) is 10.3. The van der Waals surface area contributed by atoms with Crippen LogP contribution in [0.3, 0.4) is 0 Å². The second-order valence-electron chi connectivity index (χ2n) is 10.8. The van der Waals surface area contributed by atoms with Crippen LogP contribution >= 0.6 is 34.8 Å². The average molecular weight is 572 g/mol. The number of benzene rings is 2. The van der Waals surface area contributed by atoms with Crippen LogP contribution in [0.4, 0.5) is 5.69 Å². The number of nitrogens with one attached hydrogen (secondary N) is 2. The molecule has 0 aromatic heterocycles. The number of halogens is 3. The molecule has 38 heavy (non-hydrogen) atoms. The first-order chi connectivity index (χ1) is 18.4. The van der Waals surface area contributed by atoms with Crippen LogP contribution < -0.4 is 15.4 Å². The van der Waals surface area contributed by atoms with Gasteiger partial charge in [0.15, 0.2) is 0 Å². The van der Waals surface area contributed by atoms with Gasteiger partial charge >= 0.3 is 0 Å². The van der Waals surface area contributed by atoms with Crippen LogP contribution in [-0.4, -0.2) is 17.9 Å². The summed E-state index contributed by atoms with van der Waals surface area (Å²) in [4.78, 5) is 27.7. The Morgan fingerprint density at radius 1 is 0.921 bits per heavy atom. The van der Waals surface area contributed by atoms with Gasteiger partial charge < -0.3 is 15.4 Å². The van der Waals surface area contributed by atoms with Crippen LogP contribution in [0.2, 0.25) is 10.0 Å². The van der Waals surface area contributed by atoms with E-state index in [1.54, 1.807) is 18.2 Å². The van der Waals surface area contributed by atoms with Gasteiger partial charge in [-0.2, -0.15) is 0 Å². The van der Waals surface area contributed by atoms with Gasteiger partial charge in [0, 0.05) is 32.7 Å². The van der Waals surface area contributed by atoms with Crippen molar-refractivity contribution in [2.45, 2.75) is 62.5 Å². The molecule has 6 rings (SSSR count). The number of piperidine rings is 1. The van der Waals surface area contributed by atoms with E-state index in [-0.39, 0.29) is 36.2 Å². The standard InChI is InChI=1S/C30H29Cl3N2O3/c31-18-6-4-5-17(13-18)24-16-27(36)35-28(30(24)23-11-9-20(33)15-25(23)34-29(30)37)22-14-19(32)10-12-26(22)38-21-7-2-1-3-8-21/h4-6,9-12,14-15,17,21,24,28H,1-3,7-8,13,16H2,(H,34,37)(H,35,36)/t17?,24-,28+,30-/m0/s1. The quantitative estimate of drug-likeness (QED) is 0.400. The van der Waals surface area contributed by atoms with Gasteiger partial charge in [-0.1, -0.05) is 59.4 Å². The lowest BCUT2D eigenvalue weighted by Gasteiger charge is -2.49. The van der Waals surface area contributed by atoms with Gasteiger partial charge in [-0.3, -0.25) is 9.59 Å². The number of ether oxygens (including phenoxy) is 1. The van der Waals surface area contributed by atoms with E-state index in [9.17, 15) is 9.59 Å². The Kier molecular flexibility index (Phi) is 6.96. The maximum atomic E-state index is 14.3. The molecule has 4 aliphatic rings. The summed E-state index contributed by atoms with van der Waals surface area (Å²) >= 11 is 19.4. The lowest BCUT2D eigenvalue weighted by atomic mass is 9.57. The van der Waals surface area contributed by atoms with Crippen molar-refractivity contribution in [3.8, 4) is 5.75 Å². The predicted molar refractivity (Wildman–Crippen MR) is 151 cm³/mol. The van der Waals surface area contributed by atoms with Crippen molar-refractivity contribution in [1.82, 2.24) is 5.32 Å². The molecule has 2 aliphatic heterocycles. The minimum absolute atomic E-state index is 0.0865. The van der Waals surface area contributed by atoms with Gasteiger partial charge in [-0.15, -0.1) is 0 Å². The number of rotatable bonds is 4. The van der Waals surface area contributed by atoms with Gasteiger partial charge in [0.2, 0.25) is 11.8 Å². The highest BCUT2D eigenvalue weighted by molar-refractivity contribution is 6.31. The molecule has 5 nitrogen and oxygen atoms in total. The summed E-state index contributed by atoms with van der Waals surface area (Å²) in [7, 11) is 0. The van der Waals surface area contributed by atoms with Crippen LogP contribution in [0.15, 0.2) is 59.7 Å². The molecule has 0 bridgehead atoms. The molecular formula is C30H29Cl3N2O3. The highest BCUT2D eigenvalue weighted by Crippen LogP contribution is 2.58. The summed E-state index contributed by atoms with van der Waals surface area (Å²) in [5.41, 5.74) is 1.06. The Hall–Kier alpha value is -2.47. The Morgan fingerprint density at radius 2 is 1.68 bits per heavy atom. The Morgan fingerprint density at radius 3 is 2.47 bits per heavy atom. The summed E-state index contributed by atoms with van der Waals surface area (Å²) < 4.78 is 6.57. The third kappa shape index (κ3) is 4.43. The molecule has 2 aliphatic carbocycles. The van der Waals surface area contributed by atoms with E-state index in [1.165, 1.54) is 6.42 Å². The van der Waals surface area contributed by atoms with E-state index in [0.29, 0.717) is 38.5 Å². The van der Waals surface area contributed by atoms with E-state index in [2.05, 4.69) is 16.7 Å². The number of fused-ring (bicyclic) bond motifs is 2. The molecule has 2 aromatic rings. The fourth-order valence-electron chi connectivity index (χ4n) is 6.86. The van der Waals surface area contributed by atoms with Crippen LogP contribution in [0.1, 0.15) is 62.1 Å². The number of hydrogen-bond acceptors (Lipinski definition) is 3. The summed E-state index contributed by atoms with van der Waals surface area (Å²) in [6, 6.07) is 10.3. The molecule has 1 unspecified atom stereocenters. The number of carbonyl (C=O) groups excluding carboxylic acids is 2. The van der Waals surface area contributed by atoms with Crippen molar-refractivity contribution >= 4 is 52.3 Å². The molecule has 8 heteroatoms. The molecule has 1 spiro atoms. The Bertz CT molecular complexity index is 1350. The molecule has 0 radical (unpaired) electrons. The molecule has 2 heterocycles. The smallest absolute Gasteiger partial charge is 0.237 e. The van der Waals surface area contributed by atoms with Gasteiger partial charge in [0.05, 0.1) is 12.1 Å². The van der Waals surface area contributed by atoms with E-state index in [1.807, 2.05) is 30.4 Å². The molecule has 2 aromatic carbocycles. The third-order valence-corrected chi connectivity index (χ3v) is 9.26. The molecule has 2 N–H and O–H groups in total. The van der Waals surface area contributed by atoms with Crippen molar-refractivity contribution in [3.05, 3.63) is 80.8 Å². The monoisotopic (exact) mass is 570 g/mol. The molecule has 2 fully saturated rings. The average Bonchev–Trinajstić information content (AvgIpc) is 3.18. The second-order valence-corrected chi connectivity index (χ2v) is 12.1. The van der Waals surface area contributed by atoms with Gasteiger partial charge in [0.25, 0.3) is 0 Å². The SMILES string of the molecule is O=C1C[C@@H](C2C=CC=C(Cl)C2)[C@]2(C(=O)Nc3cc(Cl)ccc32)[C@@H](c2cc(Cl)ccc2OC2CCCCC2)N1. The zero-order chi connectivity index (χ0) is 26.4. The highest BCUT2D eigenvalue weighted by atomic mass is 35.5. The number of allylic oxidation sites excluding steroid dienone is 4. The van der Waals surface area contributed by atoms with Gasteiger partial charge in [0.1, 0.15) is 11.2 Å². The molecule has 2 amide bonds. The Labute approximate surface area is 237 Å².